The van der Waals surface area contributed by atoms with Gasteiger partial charge in [-0.2, -0.15) is 0 Å². The average Bonchev–Trinajstić information content (AvgIpc) is 2.63. The standard InChI is InChI=1S/C20H20FN3O/c1-13(15-3-6-19(21)7-4-15)24-20-8-5-16(12-23-20)18-9-17(14(2)25)10-22-11-18/h3-14,25H,1-2H3,(H,23,24)/t13-,14?/m1/s1. The fraction of sp³-hybridized carbons (Fsp3) is 0.200. The number of nitrogens with zero attached hydrogens (tertiary/aromatic N) is 2. The zero-order valence-electron chi connectivity index (χ0n) is 14.1. The number of hydrogen-bond donors (Lipinski definition) is 2. The normalized spacial score (nSPS) is 13.3. The van der Waals surface area contributed by atoms with Crippen LogP contribution in [0.25, 0.3) is 11.1 Å². The number of anilines is 1. The summed E-state index contributed by atoms with van der Waals surface area (Å²) in [5, 5.41) is 13.0. The van der Waals surface area contributed by atoms with E-state index in [1.165, 1.54) is 12.1 Å². The molecule has 4 nitrogen and oxygen atoms in total. The number of rotatable bonds is 5. The van der Waals surface area contributed by atoms with Crippen LogP contribution >= 0.6 is 0 Å². The maximum atomic E-state index is 13.0. The summed E-state index contributed by atoms with van der Waals surface area (Å²) in [5.74, 6) is 0.492. The molecule has 3 aromatic rings. The molecule has 1 unspecified atom stereocenters. The Bertz CT molecular complexity index is 832. The zero-order chi connectivity index (χ0) is 17.8. The molecular formula is C20H20FN3O. The first-order valence-corrected chi connectivity index (χ1v) is 8.14. The Morgan fingerprint density at radius 1 is 0.920 bits per heavy atom. The molecule has 25 heavy (non-hydrogen) atoms. The largest absolute Gasteiger partial charge is 0.389 e. The second-order valence-electron chi connectivity index (χ2n) is 6.03. The van der Waals surface area contributed by atoms with Gasteiger partial charge in [0.2, 0.25) is 0 Å². The Labute approximate surface area is 146 Å². The summed E-state index contributed by atoms with van der Waals surface area (Å²) >= 11 is 0. The van der Waals surface area contributed by atoms with Crippen molar-refractivity contribution < 1.29 is 9.50 Å². The predicted octanol–water partition coefficient (Wildman–Crippen LogP) is 4.51. The van der Waals surface area contributed by atoms with E-state index in [0.29, 0.717) is 0 Å². The fourth-order valence-electron chi connectivity index (χ4n) is 2.55. The van der Waals surface area contributed by atoms with Crippen molar-refractivity contribution in [2.45, 2.75) is 26.0 Å². The van der Waals surface area contributed by atoms with E-state index in [1.54, 1.807) is 37.6 Å². The lowest BCUT2D eigenvalue weighted by atomic mass is 10.1. The smallest absolute Gasteiger partial charge is 0.126 e. The van der Waals surface area contributed by atoms with Crippen molar-refractivity contribution in [2.24, 2.45) is 0 Å². The summed E-state index contributed by atoms with van der Waals surface area (Å²) in [7, 11) is 0. The molecule has 5 heteroatoms. The van der Waals surface area contributed by atoms with Gasteiger partial charge in [-0.25, -0.2) is 9.37 Å². The summed E-state index contributed by atoms with van der Waals surface area (Å²) in [5.41, 5.74) is 3.59. The van der Waals surface area contributed by atoms with Crippen LogP contribution < -0.4 is 5.32 Å². The number of pyridine rings is 2. The molecule has 3 rings (SSSR count). The second kappa shape index (κ2) is 7.40. The summed E-state index contributed by atoms with van der Waals surface area (Å²) in [6.07, 6.45) is 4.61. The van der Waals surface area contributed by atoms with Gasteiger partial charge >= 0.3 is 0 Å². The lowest BCUT2D eigenvalue weighted by Gasteiger charge is -2.15. The van der Waals surface area contributed by atoms with Gasteiger partial charge in [-0.05, 0) is 55.3 Å². The number of aromatic nitrogens is 2. The SMILES string of the molecule is CC(O)c1cncc(-c2ccc(N[C@H](C)c3ccc(F)cc3)nc2)c1. The molecule has 0 aliphatic heterocycles. The number of benzene rings is 1. The van der Waals surface area contributed by atoms with Crippen LogP contribution in [-0.4, -0.2) is 15.1 Å². The Balaban J connectivity index is 1.74. The van der Waals surface area contributed by atoms with Crippen molar-refractivity contribution in [3.8, 4) is 11.1 Å². The third kappa shape index (κ3) is 4.19. The van der Waals surface area contributed by atoms with Crippen molar-refractivity contribution in [1.29, 1.82) is 0 Å². The summed E-state index contributed by atoms with van der Waals surface area (Å²) in [6.45, 7) is 3.71. The van der Waals surface area contributed by atoms with Crippen LogP contribution in [0.5, 0.6) is 0 Å². The minimum Gasteiger partial charge on any atom is -0.389 e. The van der Waals surface area contributed by atoms with E-state index in [0.717, 1.165) is 28.1 Å². The molecule has 0 bridgehead atoms. The number of nitrogens with one attached hydrogen (secondary N) is 1. The molecule has 0 radical (unpaired) electrons. The number of hydrogen-bond acceptors (Lipinski definition) is 4. The highest BCUT2D eigenvalue weighted by Crippen LogP contribution is 2.24. The predicted molar refractivity (Wildman–Crippen MR) is 96.5 cm³/mol. The highest BCUT2D eigenvalue weighted by Gasteiger charge is 2.08. The minimum absolute atomic E-state index is 0.0131. The minimum atomic E-state index is -0.557. The molecule has 0 saturated heterocycles. The van der Waals surface area contributed by atoms with Gasteiger partial charge in [-0.3, -0.25) is 4.98 Å². The molecular weight excluding hydrogens is 317 g/mol. The number of aliphatic hydroxyl groups is 1. The molecule has 0 aliphatic rings. The Morgan fingerprint density at radius 2 is 1.68 bits per heavy atom. The van der Waals surface area contributed by atoms with Crippen LogP contribution in [0.1, 0.15) is 37.1 Å². The van der Waals surface area contributed by atoms with Gasteiger partial charge in [0.15, 0.2) is 0 Å². The van der Waals surface area contributed by atoms with Gasteiger partial charge in [0, 0.05) is 35.8 Å². The van der Waals surface area contributed by atoms with E-state index in [2.05, 4.69) is 15.3 Å². The Kier molecular flexibility index (Phi) is 5.05. The highest BCUT2D eigenvalue weighted by atomic mass is 19.1. The fourth-order valence-corrected chi connectivity index (χ4v) is 2.55. The maximum Gasteiger partial charge on any atom is 0.126 e. The molecule has 0 fully saturated rings. The van der Waals surface area contributed by atoms with Crippen molar-refractivity contribution in [3.63, 3.8) is 0 Å². The van der Waals surface area contributed by atoms with Crippen LogP contribution in [0.15, 0.2) is 61.1 Å². The van der Waals surface area contributed by atoms with Gasteiger partial charge < -0.3 is 10.4 Å². The van der Waals surface area contributed by atoms with Crippen molar-refractivity contribution >= 4 is 5.82 Å². The molecule has 1 aromatic carbocycles. The van der Waals surface area contributed by atoms with E-state index in [-0.39, 0.29) is 11.9 Å². The molecule has 2 aromatic heterocycles. The number of halogens is 1. The lowest BCUT2D eigenvalue weighted by molar-refractivity contribution is 0.199. The van der Waals surface area contributed by atoms with Crippen LogP contribution in [0.2, 0.25) is 0 Å². The molecule has 2 N–H and O–H groups in total. The van der Waals surface area contributed by atoms with Crippen LogP contribution in [0.4, 0.5) is 10.2 Å². The van der Waals surface area contributed by atoms with Crippen molar-refractivity contribution in [3.05, 3.63) is 78.0 Å². The van der Waals surface area contributed by atoms with Gasteiger partial charge in [0.25, 0.3) is 0 Å². The van der Waals surface area contributed by atoms with Gasteiger partial charge in [0.05, 0.1) is 6.10 Å². The van der Waals surface area contributed by atoms with Crippen molar-refractivity contribution in [1.82, 2.24) is 9.97 Å². The quantitative estimate of drug-likeness (QED) is 0.719. The average molecular weight is 337 g/mol. The zero-order valence-corrected chi connectivity index (χ0v) is 14.1. The van der Waals surface area contributed by atoms with E-state index < -0.39 is 6.10 Å². The Morgan fingerprint density at radius 3 is 2.32 bits per heavy atom. The van der Waals surface area contributed by atoms with E-state index in [1.807, 2.05) is 25.1 Å². The molecule has 0 saturated carbocycles. The van der Waals surface area contributed by atoms with Crippen molar-refractivity contribution in [2.75, 3.05) is 5.32 Å². The van der Waals surface area contributed by atoms with Gasteiger partial charge in [0.1, 0.15) is 11.6 Å². The van der Waals surface area contributed by atoms with Gasteiger partial charge in [-0.1, -0.05) is 12.1 Å². The third-order valence-electron chi connectivity index (χ3n) is 4.07. The van der Waals surface area contributed by atoms with Crippen LogP contribution in [0.3, 0.4) is 0 Å². The molecule has 0 spiro atoms. The third-order valence-corrected chi connectivity index (χ3v) is 4.07. The topological polar surface area (TPSA) is 58.0 Å². The van der Waals surface area contributed by atoms with E-state index >= 15 is 0 Å². The first-order valence-electron chi connectivity index (χ1n) is 8.14. The maximum absolute atomic E-state index is 13.0. The monoisotopic (exact) mass is 337 g/mol. The first kappa shape index (κ1) is 17.0. The molecule has 2 heterocycles. The highest BCUT2D eigenvalue weighted by molar-refractivity contribution is 5.63. The first-order chi connectivity index (χ1) is 12.0. The van der Waals surface area contributed by atoms with E-state index in [4.69, 9.17) is 0 Å². The number of aliphatic hydroxyl groups excluding tert-OH is 1. The molecule has 0 amide bonds. The van der Waals surface area contributed by atoms with Gasteiger partial charge in [-0.15, -0.1) is 0 Å². The Hall–Kier alpha value is -2.79. The van der Waals surface area contributed by atoms with E-state index in [9.17, 15) is 9.50 Å². The summed E-state index contributed by atoms with van der Waals surface area (Å²) < 4.78 is 13.0. The summed E-state index contributed by atoms with van der Waals surface area (Å²) in [4.78, 5) is 8.60. The molecule has 128 valence electrons. The lowest BCUT2D eigenvalue weighted by Crippen LogP contribution is -2.07. The van der Waals surface area contributed by atoms with Crippen LogP contribution in [0, 0.1) is 5.82 Å². The van der Waals surface area contributed by atoms with Crippen LogP contribution in [-0.2, 0) is 0 Å². The molecule has 0 aliphatic carbocycles. The summed E-state index contributed by atoms with van der Waals surface area (Å²) in [6, 6.07) is 12.2. The molecule has 2 atom stereocenters. The second-order valence-corrected chi connectivity index (χ2v) is 6.03.